The highest BCUT2D eigenvalue weighted by molar-refractivity contribution is 7.92. The number of ether oxygens (including phenoxy) is 2. The van der Waals surface area contributed by atoms with E-state index in [0.717, 1.165) is 16.1 Å². The second kappa shape index (κ2) is 11.2. The molecule has 0 aliphatic carbocycles. The van der Waals surface area contributed by atoms with Gasteiger partial charge in [-0.25, -0.2) is 8.42 Å². The van der Waals surface area contributed by atoms with E-state index in [9.17, 15) is 18.0 Å². The number of hydrogen-bond acceptors (Lipinski definition) is 6. The molecular weight excluding hydrogens is 458 g/mol. The second-order valence-corrected chi connectivity index (χ2v) is 9.83. The fraction of sp³-hybridized carbons (Fsp3) is 0.417. The maximum atomic E-state index is 13.6. The van der Waals surface area contributed by atoms with E-state index in [1.807, 2.05) is 37.3 Å². The summed E-state index contributed by atoms with van der Waals surface area (Å²) in [6.07, 6.45) is 1.42. The van der Waals surface area contributed by atoms with E-state index >= 15 is 0 Å². The van der Waals surface area contributed by atoms with Gasteiger partial charge in [0.15, 0.2) is 11.5 Å². The lowest BCUT2D eigenvalue weighted by atomic mass is 10.1. The van der Waals surface area contributed by atoms with E-state index in [2.05, 4.69) is 5.32 Å². The number of amides is 2. The number of hydrogen-bond donors (Lipinski definition) is 1. The molecule has 0 spiro atoms. The van der Waals surface area contributed by atoms with Crippen LogP contribution in [0.2, 0.25) is 0 Å². The number of anilines is 1. The topological polar surface area (TPSA) is 105 Å². The van der Waals surface area contributed by atoms with Crippen molar-refractivity contribution in [1.29, 1.82) is 0 Å². The molecule has 3 rings (SSSR count). The van der Waals surface area contributed by atoms with Crippen molar-refractivity contribution >= 4 is 27.5 Å². The van der Waals surface area contributed by atoms with Crippen molar-refractivity contribution in [2.75, 3.05) is 36.9 Å². The highest BCUT2D eigenvalue weighted by atomic mass is 32.2. The molecule has 0 saturated heterocycles. The summed E-state index contributed by atoms with van der Waals surface area (Å²) in [6, 6.07) is 13.3. The average molecular weight is 490 g/mol. The van der Waals surface area contributed by atoms with Crippen molar-refractivity contribution in [1.82, 2.24) is 10.2 Å². The van der Waals surface area contributed by atoms with Crippen LogP contribution in [0, 0.1) is 0 Å². The minimum atomic E-state index is -3.82. The Bertz CT molecular complexity index is 1110. The number of benzene rings is 2. The lowest BCUT2D eigenvalue weighted by molar-refractivity contribution is -0.140. The van der Waals surface area contributed by atoms with Crippen LogP contribution in [0.4, 0.5) is 5.69 Å². The standard InChI is InChI=1S/C24H31N3O6S/c1-4-20(24(29)25-5-2)26(16-18-9-7-6-8-10-18)23(28)17-27(34(3,30)31)19-11-12-21-22(15-19)33-14-13-32-21/h6-12,15,20H,4-5,13-14,16-17H2,1-3H3,(H,25,29)/t20-/m1/s1. The van der Waals surface area contributed by atoms with Crippen LogP contribution < -0.4 is 19.1 Å². The van der Waals surface area contributed by atoms with E-state index in [1.165, 1.54) is 4.90 Å². The van der Waals surface area contributed by atoms with E-state index < -0.39 is 28.5 Å². The zero-order valence-corrected chi connectivity index (χ0v) is 20.5. The normalized spacial score (nSPS) is 13.6. The Labute approximate surface area is 200 Å². The molecule has 34 heavy (non-hydrogen) atoms. The third-order valence-electron chi connectivity index (χ3n) is 5.43. The zero-order valence-electron chi connectivity index (χ0n) is 19.7. The van der Waals surface area contributed by atoms with Gasteiger partial charge in [0.2, 0.25) is 21.8 Å². The molecule has 2 aromatic rings. The SMILES string of the molecule is CCNC(=O)[C@@H](CC)N(Cc1ccccc1)C(=O)CN(c1ccc2c(c1)OCCO2)S(C)(=O)=O. The summed E-state index contributed by atoms with van der Waals surface area (Å²) in [7, 11) is -3.82. The number of nitrogens with zero attached hydrogens (tertiary/aromatic N) is 2. The molecule has 0 radical (unpaired) electrons. The molecule has 184 valence electrons. The molecular formula is C24H31N3O6S. The molecule has 1 aliphatic rings. The largest absolute Gasteiger partial charge is 0.486 e. The van der Waals surface area contributed by atoms with Crippen LogP contribution in [-0.2, 0) is 26.2 Å². The molecule has 10 heteroatoms. The first-order valence-electron chi connectivity index (χ1n) is 11.2. The highest BCUT2D eigenvalue weighted by Gasteiger charge is 2.32. The Morgan fingerprint density at radius 3 is 2.32 bits per heavy atom. The Morgan fingerprint density at radius 2 is 1.71 bits per heavy atom. The molecule has 1 N–H and O–H groups in total. The van der Waals surface area contributed by atoms with Crippen molar-refractivity contribution in [3.05, 3.63) is 54.1 Å². The molecule has 2 amide bonds. The van der Waals surface area contributed by atoms with Crippen LogP contribution in [0.15, 0.2) is 48.5 Å². The summed E-state index contributed by atoms with van der Waals surface area (Å²) in [5, 5.41) is 2.77. The molecule has 1 atom stereocenters. The lowest BCUT2D eigenvalue weighted by Crippen LogP contribution is -2.52. The van der Waals surface area contributed by atoms with E-state index in [1.54, 1.807) is 25.1 Å². The molecule has 1 aliphatic heterocycles. The summed E-state index contributed by atoms with van der Waals surface area (Å²) in [5.41, 5.74) is 1.12. The number of likely N-dealkylation sites (N-methyl/N-ethyl adjacent to an activating group) is 1. The van der Waals surface area contributed by atoms with Gasteiger partial charge in [-0.3, -0.25) is 13.9 Å². The summed E-state index contributed by atoms with van der Waals surface area (Å²) in [4.78, 5) is 27.8. The maximum absolute atomic E-state index is 13.6. The zero-order chi connectivity index (χ0) is 24.7. The number of nitrogens with one attached hydrogen (secondary N) is 1. The first-order valence-corrected chi connectivity index (χ1v) is 13.1. The molecule has 0 unspecified atom stereocenters. The number of sulfonamides is 1. The monoisotopic (exact) mass is 489 g/mol. The number of carbonyl (C=O) groups is 2. The molecule has 0 saturated carbocycles. The lowest BCUT2D eigenvalue weighted by Gasteiger charge is -2.33. The van der Waals surface area contributed by atoms with Gasteiger partial charge in [0.25, 0.3) is 0 Å². The van der Waals surface area contributed by atoms with E-state index in [4.69, 9.17) is 9.47 Å². The average Bonchev–Trinajstić information content (AvgIpc) is 2.82. The van der Waals surface area contributed by atoms with Crippen molar-refractivity contribution < 1.29 is 27.5 Å². The van der Waals surface area contributed by atoms with Crippen LogP contribution in [-0.4, -0.2) is 63.7 Å². The maximum Gasteiger partial charge on any atom is 0.244 e. The Morgan fingerprint density at radius 1 is 1.03 bits per heavy atom. The highest BCUT2D eigenvalue weighted by Crippen LogP contribution is 2.34. The van der Waals surface area contributed by atoms with Crippen molar-refractivity contribution in [2.24, 2.45) is 0 Å². The van der Waals surface area contributed by atoms with Crippen LogP contribution in [0.1, 0.15) is 25.8 Å². The Kier molecular flexibility index (Phi) is 8.38. The van der Waals surface area contributed by atoms with Gasteiger partial charge in [0.1, 0.15) is 25.8 Å². The molecule has 0 bridgehead atoms. The fourth-order valence-corrected chi connectivity index (χ4v) is 4.63. The second-order valence-electron chi connectivity index (χ2n) is 7.92. The van der Waals surface area contributed by atoms with Gasteiger partial charge in [-0.15, -0.1) is 0 Å². The third kappa shape index (κ3) is 6.19. The first kappa shape index (κ1) is 25.4. The van der Waals surface area contributed by atoms with Crippen molar-refractivity contribution in [3.8, 4) is 11.5 Å². The molecule has 0 aromatic heterocycles. The minimum Gasteiger partial charge on any atom is -0.486 e. The van der Waals surface area contributed by atoms with E-state index in [-0.39, 0.29) is 18.1 Å². The van der Waals surface area contributed by atoms with Gasteiger partial charge in [-0.05, 0) is 31.0 Å². The fourth-order valence-electron chi connectivity index (χ4n) is 3.79. The smallest absolute Gasteiger partial charge is 0.244 e. The van der Waals surface area contributed by atoms with Crippen LogP contribution in [0.5, 0.6) is 11.5 Å². The molecule has 9 nitrogen and oxygen atoms in total. The van der Waals surface area contributed by atoms with Gasteiger partial charge in [0, 0.05) is 19.2 Å². The van der Waals surface area contributed by atoms with Crippen molar-refractivity contribution in [3.63, 3.8) is 0 Å². The summed E-state index contributed by atoms with van der Waals surface area (Å²) < 4.78 is 37.5. The Balaban J connectivity index is 1.93. The number of fused-ring (bicyclic) bond motifs is 1. The van der Waals surface area contributed by atoms with Crippen LogP contribution in [0.25, 0.3) is 0 Å². The first-order chi connectivity index (χ1) is 16.2. The summed E-state index contributed by atoms with van der Waals surface area (Å²) in [5.74, 6) is 0.171. The van der Waals surface area contributed by atoms with Crippen LogP contribution in [0.3, 0.4) is 0 Å². The van der Waals surface area contributed by atoms with Gasteiger partial charge in [-0.2, -0.15) is 0 Å². The number of rotatable bonds is 10. The predicted molar refractivity (Wildman–Crippen MR) is 129 cm³/mol. The van der Waals surface area contributed by atoms with Gasteiger partial charge in [-0.1, -0.05) is 37.3 Å². The van der Waals surface area contributed by atoms with Gasteiger partial charge in [0.05, 0.1) is 11.9 Å². The van der Waals surface area contributed by atoms with Gasteiger partial charge < -0.3 is 19.7 Å². The Hall–Kier alpha value is -3.27. The van der Waals surface area contributed by atoms with Gasteiger partial charge >= 0.3 is 0 Å². The molecule has 1 heterocycles. The third-order valence-corrected chi connectivity index (χ3v) is 6.57. The summed E-state index contributed by atoms with van der Waals surface area (Å²) in [6.45, 7) is 4.53. The summed E-state index contributed by atoms with van der Waals surface area (Å²) >= 11 is 0. The molecule has 2 aromatic carbocycles. The van der Waals surface area contributed by atoms with E-state index in [0.29, 0.717) is 37.7 Å². The van der Waals surface area contributed by atoms with Crippen molar-refractivity contribution in [2.45, 2.75) is 32.9 Å². The predicted octanol–water partition coefficient (Wildman–Crippen LogP) is 2.17. The number of carbonyl (C=O) groups excluding carboxylic acids is 2. The van der Waals surface area contributed by atoms with Crippen LogP contribution >= 0.6 is 0 Å². The molecule has 0 fully saturated rings. The quantitative estimate of drug-likeness (QED) is 0.548. The minimum absolute atomic E-state index is 0.175.